The first-order valence-corrected chi connectivity index (χ1v) is 5.69. The third-order valence-electron chi connectivity index (χ3n) is 2.19. The van der Waals surface area contributed by atoms with Crippen molar-refractivity contribution in [3.05, 3.63) is 29.8 Å². The first-order chi connectivity index (χ1) is 7.50. The first-order valence-electron chi connectivity index (χ1n) is 5.69. The van der Waals surface area contributed by atoms with Gasteiger partial charge in [-0.3, -0.25) is 4.99 Å². The maximum atomic E-state index is 8.08. The van der Waals surface area contributed by atoms with Gasteiger partial charge >= 0.3 is 0 Å². The van der Waals surface area contributed by atoms with E-state index in [0.717, 1.165) is 23.4 Å². The minimum atomic E-state index is 0.507. The van der Waals surface area contributed by atoms with Gasteiger partial charge in [0.1, 0.15) is 0 Å². The quantitative estimate of drug-likeness (QED) is 0.732. The summed E-state index contributed by atoms with van der Waals surface area (Å²) in [6, 6.07) is 7.88. The maximum absolute atomic E-state index is 8.08. The molecule has 0 aliphatic heterocycles. The molecule has 1 N–H and O–H groups in total. The van der Waals surface area contributed by atoms with Gasteiger partial charge in [-0.15, -0.1) is 0 Å². The molecule has 0 bridgehead atoms. The second-order valence-corrected chi connectivity index (χ2v) is 4.65. The lowest BCUT2D eigenvalue weighted by molar-refractivity contribution is 0.682. The Labute approximate surface area is 97.9 Å². The van der Waals surface area contributed by atoms with Crippen LogP contribution in [-0.2, 0) is 0 Å². The van der Waals surface area contributed by atoms with Crippen molar-refractivity contribution in [3.8, 4) is 0 Å². The molecule has 0 saturated carbocycles. The van der Waals surface area contributed by atoms with Gasteiger partial charge in [0, 0.05) is 17.0 Å². The summed E-state index contributed by atoms with van der Waals surface area (Å²) >= 11 is 0. The summed E-state index contributed by atoms with van der Waals surface area (Å²) in [5.74, 6) is 0.507. The second kappa shape index (κ2) is 5.59. The predicted molar refractivity (Wildman–Crippen MR) is 71.2 cm³/mol. The van der Waals surface area contributed by atoms with Crippen LogP contribution in [0.5, 0.6) is 0 Å². The van der Waals surface area contributed by atoms with E-state index < -0.39 is 0 Å². The van der Waals surface area contributed by atoms with Crippen molar-refractivity contribution in [2.75, 3.05) is 0 Å². The van der Waals surface area contributed by atoms with E-state index in [1.807, 2.05) is 38.1 Å². The van der Waals surface area contributed by atoms with Crippen molar-refractivity contribution in [2.24, 2.45) is 10.9 Å². The number of para-hydroxylation sites is 1. The Balaban J connectivity index is 3.04. The summed E-state index contributed by atoms with van der Waals surface area (Å²) in [6.07, 6.45) is 0.801. The zero-order valence-corrected chi connectivity index (χ0v) is 10.5. The summed E-state index contributed by atoms with van der Waals surface area (Å²) in [5, 5.41) is 8.08. The molecular formula is C14H20N2. The van der Waals surface area contributed by atoms with Gasteiger partial charge in [-0.2, -0.15) is 0 Å². The van der Waals surface area contributed by atoms with E-state index in [2.05, 4.69) is 18.8 Å². The molecule has 1 rings (SSSR count). The fourth-order valence-corrected chi connectivity index (χ4v) is 1.59. The lowest BCUT2D eigenvalue weighted by atomic mass is 9.99. The topological polar surface area (TPSA) is 36.2 Å². The van der Waals surface area contributed by atoms with Gasteiger partial charge in [0.05, 0.1) is 5.69 Å². The third-order valence-corrected chi connectivity index (χ3v) is 2.19. The zero-order chi connectivity index (χ0) is 12.1. The number of aliphatic imine (C=N–C) groups is 1. The first kappa shape index (κ1) is 12.6. The molecule has 1 aromatic carbocycles. The van der Waals surface area contributed by atoms with Crippen LogP contribution in [0.1, 0.15) is 39.7 Å². The molecule has 0 aliphatic rings. The zero-order valence-electron chi connectivity index (χ0n) is 10.5. The number of nitrogens with one attached hydrogen (secondary N) is 1. The van der Waals surface area contributed by atoms with Crippen LogP contribution in [0.25, 0.3) is 0 Å². The Hall–Kier alpha value is -1.44. The van der Waals surface area contributed by atoms with E-state index in [-0.39, 0.29) is 0 Å². The Kier molecular flexibility index (Phi) is 4.41. The molecule has 16 heavy (non-hydrogen) atoms. The van der Waals surface area contributed by atoms with E-state index in [9.17, 15) is 0 Å². The van der Waals surface area contributed by atoms with Crippen LogP contribution in [0.3, 0.4) is 0 Å². The summed E-state index contributed by atoms with van der Waals surface area (Å²) in [6.45, 7) is 8.21. The highest BCUT2D eigenvalue weighted by Gasteiger charge is 2.08. The monoisotopic (exact) mass is 216 g/mol. The van der Waals surface area contributed by atoms with Crippen LogP contribution < -0.4 is 0 Å². The summed E-state index contributed by atoms with van der Waals surface area (Å²) < 4.78 is 0. The Morgan fingerprint density at radius 2 is 1.88 bits per heavy atom. The SMILES string of the molecule is CC(C)=Nc1ccccc1C(=N)CC(C)C. The number of rotatable bonds is 4. The maximum Gasteiger partial charge on any atom is 0.0719 e. The minimum absolute atomic E-state index is 0.507. The molecule has 0 aliphatic carbocycles. The molecule has 0 spiro atoms. The average Bonchev–Trinajstić information content (AvgIpc) is 2.16. The molecule has 0 saturated heterocycles. The highest BCUT2D eigenvalue weighted by atomic mass is 14.7. The van der Waals surface area contributed by atoms with Crippen LogP contribution in [0.2, 0.25) is 0 Å². The van der Waals surface area contributed by atoms with Crippen molar-refractivity contribution in [1.29, 1.82) is 5.41 Å². The molecule has 0 heterocycles. The largest absolute Gasteiger partial charge is 0.305 e. The predicted octanol–water partition coefficient (Wildman–Crippen LogP) is 4.21. The van der Waals surface area contributed by atoms with Crippen LogP contribution >= 0.6 is 0 Å². The lowest BCUT2D eigenvalue weighted by Crippen LogP contribution is -2.04. The molecule has 0 fully saturated rings. The summed E-state index contributed by atoms with van der Waals surface area (Å²) in [5.41, 5.74) is 3.56. The normalized spacial score (nSPS) is 10.3. The van der Waals surface area contributed by atoms with Crippen molar-refractivity contribution < 1.29 is 0 Å². The van der Waals surface area contributed by atoms with Crippen LogP contribution in [0, 0.1) is 11.3 Å². The van der Waals surface area contributed by atoms with Crippen LogP contribution in [0.15, 0.2) is 29.3 Å². The Morgan fingerprint density at radius 3 is 2.44 bits per heavy atom. The molecule has 0 atom stereocenters. The molecule has 86 valence electrons. The molecule has 0 amide bonds. The molecular weight excluding hydrogens is 196 g/mol. The third kappa shape index (κ3) is 3.61. The molecule has 2 nitrogen and oxygen atoms in total. The smallest absolute Gasteiger partial charge is 0.0719 e. The van der Waals surface area contributed by atoms with E-state index >= 15 is 0 Å². The van der Waals surface area contributed by atoms with Gasteiger partial charge in [0.15, 0.2) is 0 Å². The average molecular weight is 216 g/mol. The van der Waals surface area contributed by atoms with Gasteiger partial charge < -0.3 is 5.41 Å². The van der Waals surface area contributed by atoms with E-state index in [0.29, 0.717) is 11.6 Å². The van der Waals surface area contributed by atoms with Crippen molar-refractivity contribution in [1.82, 2.24) is 0 Å². The molecule has 0 radical (unpaired) electrons. The number of nitrogens with zero attached hydrogens (tertiary/aromatic N) is 1. The fraction of sp³-hybridized carbons (Fsp3) is 0.429. The van der Waals surface area contributed by atoms with E-state index in [1.54, 1.807) is 0 Å². The van der Waals surface area contributed by atoms with Crippen molar-refractivity contribution >= 4 is 17.1 Å². The van der Waals surface area contributed by atoms with Crippen LogP contribution in [0.4, 0.5) is 5.69 Å². The molecule has 0 aromatic heterocycles. The molecule has 2 heteroatoms. The van der Waals surface area contributed by atoms with Crippen LogP contribution in [-0.4, -0.2) is 11.4 Å². The van der Waals surface area contributed by atoms with E-state index in [1.165, 1.54) is 0 Å². The number of hydrogen-bond acceptors (Lipinski definition) is 2. The van der Waals surface area contributed by atoms with Gasteiger partial charge in [0.2, 0.25) is 0 Å². The highest BCUT2D eigenvalue weighted by molar-refractivity contribution is 6.03. The van der Waals surface area contributed by atoms with E-state index in [4.69, 9.17) is 5.41 Å². The van der Waals surface area contributed by atoms with Gasteiger partial charge in [-0.05, 0) is 32.3 Å². The van der Waals surface area contributed by atoms with Gasteiger partial charge in [-0.25, -0.2) is 0 Å². The highest BCUT2D eigenvalue weighted by Crippen LogP contribution is 2.21. The molecule has 0 unspecified atom stereocenters. The summed E-state index contributed by atoms with van der Waals surface area (Å²) in [4.78, 5) is 4.46. The fourth-order valence-electron chi connectivity index (χ4n) is 1.59. The summed E-state index contributed by atoms with van der Waals surface area (Å²) in [7, 11) is 0. The Bertz CT molecular complexity index is 399. The lowest BCUT2D eigenvalue weighted by Gasteiger charge is -2.09. The van der Waals surface area contributed by atoms with Crippen molar-refractivity contribution in [3.63, 3.8) is 0 Å². The Morgan fingerprint density at radius 1 is 1.25 bits per heavy atom. The van der Waals surface area contributed by atoms with Gasteiger partial charge in [-0.1, -0.05) is 32.0 Å². The molecule has 1 aromatic rings. The van der Waals surface area contributed by atoms with Gasteiger partial charge in [0.25, 0.3) is 0 Å². The standard InChI is InChI=1S/C14H20N2/c1-10(2)9-13(15)12-7-5-6-8-14(12)16-11(3)4/h5-8,10,15H,9H2,1-4H3. The number of hydrogen-bond donors (Lipinski definition) is 1. The van der Waals surface area contributed by atoms with Crippen molar-refractivity contribution in [2.45, 2.75) is 34.1 Å². The minimum Gasteiger partial charge on any atom is -0.305 e. The number of benzene rings is 1. The second-order valence-electron chi connectivity index (χ2n) is 4.65.